The lowest BCUT2D eigenvalue weighted by Crippen LogP contribution is -2.36. The van der Waals surface area contributed by atoms with Crippen LogP contribution in [0.4, 0.5) is 11.4 Å². The molecule has 118 valence electrons. The van der Waals surface area contributed by atoms with Crippen LogP contribution in [0.1, 0.15) is 12.8 Å². The molecule has 0 radical (unpaired) electrons. The van der Waals surface area contributed by atoms with E-state index in [0.29, 0.717) is 11.8 Å². The summed E-state index contributed by atoms with van der Waals surface area (Å²) in [5, 5.41) is 0. The maximum absolute atomic E-state index is 11.7. The molecule has 1 aliphatic rings. The first kappa shape index (κ1) is 16.1. The highest BCUT2D eigenvalue weighted by Crippen LogP contribution is 2.23. The van der Waals surface area contributed by atoms with Gasteiger partial charge in [-0.25, -0.2) is 0 Å². The van der Waals surface area contributed by atoms with Crippen molar-refractivity contribution in [1.82, 2.24) is 4.31 Å². The van der Waals surface area contributed by atoms with E-state index >= 15 is 0 Å². The lowest BCUT2D eigenvalue weighted by atomic mass is 10.1. The molecule has 1 fully saturated rings. The van der Waals surface area contributed by atoms with Gasteiger partial charge in [0.1, 0.15) is 0 Å². The third-order valence-electron chi connectivity index (χ3n) is 3.74. The molecule has 21 heavy (non-hydrogen) atoms. The standard InChI is InChI=1S/C14H23N3O3S/c1-16(2)21(18,19)15-12-4-6-13(7-5-12)17-10-8-14(20-3)9-11-17/h4-7,14-15H,8-11H2,1-3H3. The van der Waals surface area contributed by atoms with E-state index in [2.05, 4.69) is 9.62 Å². The van der Waals surface area contributed by atoms with E-state index in [1.54, 1.807) is 19.2 Å². The van der Waals surface area contributed by atoms with E-state index in [-0.39, 0.29) is 0 Å². The van der Waals surface area contributed by atoms with Gasteiger partial charge in [0.15, 0.2) is 0 Å². The zero-order chi connectivity index (χ0) is 15.5. The number of nitrogens with zero attached hydrogens (tertiary/aromatic N) is 2. The summed E-state index contributed by atoms with van der Waals surface area (Å²) in [5.74, 6) is 0. The Kier molecular flexibility index (Phi) is 5.08. The van der Waals surface area contributed by atoms with E-state index in [9.17, 15) is 8.42 Å². The van der Waals surface area contributed by atoms with Gasteiger partial charge in [0.05, 0.1) is 6.10 Å². The molecule has 1 N–H and O–H groups in total. The topological polar surface area (TPSA) is 61.9 Å². The Hall–Kier alpha value is -1.31. The normalized spacial score (nSPS) is 17.2. The van der Waals surface area contributed by atoms with Crippen LogP contribution in [0, 0.1) is 0 Å². The van der Waals surface area contributed by atoms with Crippen molar-refractivity contribution in [2.75, 3.05) is 43.9 Å². The highest BCUT2D eigenvalue weighted by atomic mass is 32.2. The molecule has 0 aliphatic carbocycles. The van der Waals surface area contributed by atoms with Crippen LogP contribution in [0.2, 0.25) is 0 Å². The first-order valence-electron chi connectivity index (χ1n) is 7.00. The number of ether oxygens (including phenoxy) is 1. The van der Waals surface area contributed by atoms with Crippen LogP contribution in [0.25, 0.3) is 0 Å². The zero-order valence-corrected chi connectivity index (χ0v) is 13.6. The van der Waals surface area contributed by atoms with Gasteiger partial charge in [0, 0.05) is 45.7 Å². The van der Waals surface area contributed by atoms with Gasteiger partial charge < -0.3 is 9.64 Å². The van der Waals surface area contributed by atoms with Gasteiger partial charge in [-0.15, -0.1) is 0 Å². The Morgan fingerprint density at radius 2 is 1.76 bits per heavy atom. The van der Waals surface area contributed by atoms with E-state index in [4.69, 9.17) is 4.74 Å². The largest absolute Gasteiger partial charge is 0.381 e. The summed E-state index contributed by atoms with van der Waals surface area (Å²) in [4.78, 5) is 2.29. The molecule has 1 heterocycles. The molecule has 1 aliphatic heterocycles. The third-order valence-corrected chi connectivity index (χ3v) is 5.19. The first-order valence-corrected chi connectivity index (χ1v) is 8.44. The molecule has 0 amide bonds. The van der Waals surface area contributed by atoms with Crippen molar-refractivity contribution < 1.29 is 13.2 Å². The van der Waals surface area contributed by atoms with E-state index in [0.717, 1.165) is 35.9 Å². The molecule has 1 aromatic rings. The van der Waals surface area contributed by atoms with Gasteiger partial charge in [-0.3, -0.25) is 4.72 Å². The van der Waals surface area contributed by atoms with Crippen LogP contribution in [-0.4, -0.2) is 53.1 Å². The molecule has 0 atom stereocenters. The SMILES string of the molecule is COC1CCN(c2ccc(NS(=O)(=O)N(C)C)cc2)CC1. The van der Waals surface area contributed by atoms with Crippen molar-refractivity contribution in [3.05, 3.63) is 24.3 Å². The van der Waals surface area contributed by atoms with Crippen molar-refractivity contribution in [3.8, 4) is 0 Å². The van der Waals surface area contributed by atoms with Gasteiger partial charge in [-0.05, 0) is 37.1 Å². The highest BCUT2D eigenvalue weighted by molar-refractivity contribution is 7.90. The molecule has 7 heteroatoms. The number of nitrogens with one attached hydrogen (secondary N) is 1. The summed E-state index contributed by atoms with van der Waals surface area (Å²) in [6.07, 6.45) is 2.39. The quantitative estimate of drug-likeness (QED) is 0.895. The first-order chi connectivity index (χ1) is 9.92. The molecule has 0 saturated carbocycles. The van der Waals surface area contributed by atoms with Gasteiger partial charge in [0.2, 0.25) is 0 Å². The molecule has 6 nitrogen and oxygen atoms in total. The van der Waals surface area contributed by atoms with Gasteiger partial charge >= 0.3 is 10.2 Å². The number of piperidine rings is 1. The summed E-state index contributed by atoms with van der Waals surface area (Å²) in [7, 11) is 1.30. The summed E-state index contributed by atoms with van der Waals surface area (Å²) in [6, 6.07) is 7.47. The zero-order valence-electron chi connectivity index (χ0n) is 12.7. The number of anilines is 2. The van der Waals surface area contributed by atoms with Crippen molar-refractivity contribution in [2.24, 2.45) is 0 Å². The smallest absolute Gasteiger partial charge is 0.301 e. The molecule has 0 aromatic heterocycles. The maximum atomic E-state index is 11.7. The van der Waals surface area contributed by atoms with Crippen LogP contribution >= 0.6 is 0 Å². The second-order valence-corrected chi connectivity index (χ2v) is 7.24. The van der Waals surface area contributed by atoms with E-state index < -0.39 is 10.2 Å². The lowest BCUT2D eigenvalue weighted by molar-refractivity contribution is 0.0819. The molecule has 0 unspecified atom stereocenters. The lowest BCUT2D eigenvalue weighted by Gasteiger charge is -2.33. The Bertz CT molecular complexity index is 549. The van der Waals surface area contributed by atoms with Crippen molar-refractivity contribution in [3.63, 3.8) is 0 Å². The fourth-order valence-electron chi connectivity index (χ4n) is 2.33. The summed E-state index contributed by atoms with van der Waals surface area (Å²) in [5.41, 5.74) is 1.68. The number of hydrogen-bond acceptors (Lipinski definition) is 4. The molecular formula is C14H23N3O3S. The summed E-state index contributed by atoms with van der Waals surface area (Å²) in [6.45, 7) is 1.92. The van der Waals surface area contributed by atoms with Gasteiger partial charge in [0.25, 0.3) is 0 Å². The van der Waals surface area contributed by atoms with Gasteiger partial charge in [-0.1, -0.05) is 0 Å². The van der Waals surface area contributed by atoms with E-state index in [1.165, 1.54) is 14.1 Å². The van der Waals surface area contributed by atoms with Gasteiger partial charge in [-0.2, -0.15) is 12.7 Å². The Morgan fingerprint density at radius 1 is 1.19 bits per heavy atom. The molecule has 0 bridgehead atoms. The predicted octanol–water partition coefficient (Wildman–Crippen LogP) is 1.52. The number of hydrogen-bond donors (Lipinski definition) is 1. The highest BCUT2D eigenvalue weighted by Gasteiger charge is 2.19. The van der Waals surface area contributed by atoms with Crippen LogP contribution in [0.15, 0.2) is 24.3 Å². The fourth-order valence-corrected chi connectivity index (χ4v) is 2.95. The fraction of sp³-hybridized carbons (Fsp3) is 0.571. The molecule has 1 saturated heterocycles. The minimum atomic E-state index is -3.45. The monoisotopic (exact) mass is 313 g/mol. The summed E-state index contributed by atoms with van der Waals surface area (Å²) >= 11 is 0. The molecule has 1 aromatic carbocycles. The van der Waals surface area contributed by atoms with Crippen molar-refractivity contribution in [1.29, 1.82) is 0 Å². The van der Waals surface area contributed by atoms with Crippen LogP contribution in [0.3, 0.4) is 0 Å². The Balaban J connectivity index is 2.00. The predicted molar refractivity (Wildman–Crippen MR) is 84.9 cm³/mol. The number of methoxy groups -OCH3 is 1. The maximum Gasteiger partial charge on any atom is 0.301 e. The van der Waals surface area contributed by atoms with E-state index in [1.807, 2.05) is 12.1 Å². The average Bonchev–Trinajstić information content (AvgIpc) is 2.48. The Labute approximate surface area is 126 Å². The molecular weight excluding hydrogens is 290 g/mol. The van der Waals surface area contributed by atoms with Crippen molar-refractivity contribution >= 4 is 21.6 Å². The minimum absolute atomic E-state index is 0.354. The molecule has 0 spiro atoms. The Morgan fingerprint density at radius 3 is 2.24 bits per heavy atom. The number of rotatable bonds is 5. The van der Waals surface area contributed by atoms with Crippen molar-refractivity contribution in [2.45, 2.75) is 18.9 Å². The molecule has 2 rings (SSSR count). The second kappa shape index (κ2) is 6.64. The van der Waals surface area contributed by atoms with Crippen LogP contribution in [-0.2, 0) is 14.9 Å². The minimum Gasteiger partial charge on any atom is -0.381 e. The second-order valence-electron chi connectivity index (χ2n) is 5.36. The third kappa shape index (κ3) is 4.09. The number of benzene rings is 1. The van der Waals surface area contributed by atoms with Crippen LogP contribution in [0.5, 0.6) is 0 Å². The summed E-state index contributed by atoms with van der Waals surface area (Å²) < 4.78 is 32.5. The van der Waals surface area contributed by atoms with Crippen LogP contribution < -0.4 is 9.62 Å². The average molecular weight is 313 g/mol.